The predicted molar refractivity (Wildman–Crippen MR) is 98.9 cm³/mol. The second-order valence-electron chi connectivity index (χ2n) is 7.38. The largest absolute Gasteiger partial charge is 0.451 e. The summed E-state index contributed by atoms with van der Waals surface area (Å²) in [6, 6.07) is 4.38. The number of carbonyl (C=O) groups is 1. The number of amides is 1. The van der Waals surface area contributed by atoms with E-state index < -0.39 is 0 Å². The molecule has 1 amide bonds. The Hall–Kier alpha value is -1.92. The zero-order chi connectivity index (χ0) is 18.1. The number of carbonyl (C=O) groups excluding carboxylic acids is 1. The standard InChI is InChI=1S/C20H26FN3O2/c1-15-17-14-16(21)4-5-18(17)26-19(15)20(25)24-12-10-23(11-13-24)9-8-22-6-2-3-7-22/h4-5,14H,2-3,6-13H2,1H3. The SMILES string of the molecule is Cc1c(C(=O)N2CCN(CCN3CCCC3)CC2)oc2ccc(F)cc12. The van der Waals surface area contributed by atoms with Crippen molar-refractivity contribution in [2.75, 3.05) is 52.4 Å². The highest BCUT2D eigenvalue weighted by atomic mass is 19.1. The first kappa shape index (κ1) is 17.5. The highest BCUT2D eigenvalue weighted by Crippen LogP contribution is 2.27. The zero-order valence-electron chi connectivity index (χ0n) is 15.3. The molecular formula is C20H26FN3O2. The topological polar surface area (TPSA) is 39.9 Å². The Labute approximate surface area is 153 Å². The molecule has 4 rings (SSSR count). The summed E-state index contributed by atoms with van der Waals surface area (Å²) >= 11 is 0. The Kier molecular flexibility index (Phi) is 4.96. The number of furan rings is 1. The van der Waals surface area contributed by atoms with Gasteiger partial charge in [-0.15, -0.1) is 0 Å². The van der Waals surface area contributed by atoms with Gasteiger partial charge in [-0.05, 0) is 51.1 Å². The van der Waals surface area contributed by atoms with Gasteiger partial charge in [0.15, 0.2) is 5.76 Å². The third-order valence-electron chi connectivity index (χ3n) is 5.68. The van der Waals surface area contributed by atoms with Crippen molar-refractivity contribution in [3.63, 3.8) is 0 Å². The monoisotopic (exact) mass is 359 g/mol. The number of fused-ring (bicyclic) bond motifs is 1. The van der Waals surface area contributed by atoms with Gasteiger partial charge in [0.1, 0.15) is 11.4 Å². The minimum atomic E-state index is -0.313. The van der Waals surface area contributed by atoms with E-state index >= 15 is 0 Å². The van der Waals surface area contributed by atoms with Crippen molar-refractivity contribution >= 4 is 16.9 Å². The Bertz CT molecular complexity index is 790. The number of halogens is 1. The average molecular weight is 359 g/mol. The predicted octanol–water partition coefficient (Wildman–Crippen LogP) is 2.73. The summed E-state index contributed by atoms with van der Waals surface area (Å²) in [5.74, 6) is -0.0542. The molecule has 2 aromatic rings. The van der Waals surface area contributed by atoms with Crippen LogP contribution < -0.4 is 0 Å². The maximum atomic E-state index is 13.5. The fraction of sp³-hybridized carbons (Fsp3) is 0.550. The number of piperazine rings is 1. The van der Waals surface area contributed by atoms with E-state index in [0.29, 0.717) is 29.8 Å². The van der Waals surface area contributed by atoms with E-state index in [1.807, 2.05) is 11.8 Å². The smallest absolute Gasteiger partial charge is 0.289 e. The molecule has 0 aliphatic carbocycles. The van der Waals surface area contributed by atoms with Crippen molar-refractivity contribution in [2.24, 2.45) is 0 Å². The van der Waals surface area contributed by atoms with Crippen LogP contribution in [0, 0.1) is 12.7 Å². The molecule has 0 spiro atoms. The van der Waals surface area contributed by atoms with Crippen LogP contribution in [0.5, 0.6) is 0 Å². The number of hydrogen-bond donors (Lipinski definition) is 0. The fourth-order valence-corrected chi connectivity index (χ4v) is 4.00. The van der Waals surface area contributed by atoms with Crippen molar-refractivity contribution in [3.8, 4) is 0 Å². The van der Waals surface area contributed by atoms with Gasteiger partial charge in [-0.3, -0.25) is 9.69 Å². The Morgan fingerprint density at radius 1 is 1.04 bits per heavy atom. The summed E-state index contributed by atoms with van der Waals surface area (Å²) in [4.78, 5) is 19.7. The minimum absolute atomic E-state index is 0.0849. The van der Waals surface area contributed by atoms with Crippen LogP contribution in [0.3, 0.4) is 0 Å². The van der Waals surface area contributed by atoms with Crippen LogP contribution in [0.1, 0.15) is 29.0 Å². The number of rotatable bonds is 4. The second-order valence-corrected chi connectivity index (χ2v) is 7.38. The second kappa shape index (κ2) is 7.37. The van der Waals surface area contributed by atoms with Crippen molar-refractivity contribution < 1.29 is 13.6 Å². The molecule has 1 aromatic carbocycles. The summed E-state index contributed by atoms with van der Waals surface area (Å²) in [6.45, 7) is 9.70. The van der Waals surface area contributed by atoms with Gasteiger partial charge in [-0.25, -0.2) is 4.39 Å². The van der Waals surface area contributed by atoms with E-state index in [1.165, 1.54) is 38.1 Å². The molecule has 1 aromatic heterocycles. The van der Waals surface area contributed by atoms with E-state index in [0.717, 1.165) is 31.7 Å². The lowest BCUT2D eigenvalue weighted by molar-refractivity contribution is 0.0597. The van der Waals surface area contributed by atoms with Gasteiger partial charge in [-0.2, -0.15) is 0 Å². The van der Waals surface area contributed by atoms with Crippen LogP contribution in [0.2, 0.25) is 0 Å². The lowest BCUT2D eigenvalue weighted by atomic mass is 10.1. The number of aryl methyl sites for hydroxylation is 1. The first-order valence-electron chi connectivity index (χ1n) is 9.54. The molecule has 6 heteroatoms. The maximum Gasteiger partial charge on any atom is 0.289 e. The first-order valence-corrected chi connectivity index (χ1v) is 9.54. The van der Waals surface area contributed by atoms with Crippen molar-refractivity contribution in [1.82, 2.24) is 14.7 Å². The molecule has 2 aliphatic heterocycles. The molecule has 2 fully saturated rings. The summed E-state index contributed by atoms with van der Waals surface area (Å²) in [7, 11) is 0. The maximum absolute atomic E-state index is 13.5. The van der Waals surface area contributed by atoms with Gasteiger partial charge in [-0.1, -0.05) is 0 Å². The molecule has 140 valence electrons. The third-order valence-corrected chi connectivity index (χ3v) is 5.68. The quantitative estimate of drug-likeness (QED) is 0.842. The molecule has 2 aliphatic rings. The summed E-state index contributed by atoms with van der Waals surface area (Å²) in [6.07, 6.45) is 2.64. The van der Waals surface area contributed by atoms with Crippen LogP contribution in [-0.2, 0) is 0 Å². The number of benzene rings is 1. The van der Waals surface area contributed by atoms with Gasteiger partial charge < -0.3 is 14.2 Å². The van der Waals surface area contributed by atoms with Gasteiger partial charge >= 0.3 is 0 Å². The molecule has 2 saturated heterocycles. The number of likely N-dealkylation sites (tertiary alicyclic amines) is 1. The van der Waals surface area contributed by atoms with Crippen LogP contribution in [0.15, 0.2) is 22.6 Å². The molecule has 0 bridgehead atoms. The van der Waals surface area contributed by atoms with Gasteiger partial charge in [0.05, 0.1) is 0 Å². The van der Waals surface area contributed by atoms with E-state index in [9.17, 15) is 9.18 Å². The van der Waals surface area contributed by atoms with Crippen molar-refractivity contribution in [1.29, 1.82) is 0 Å². The average Bonchev–Trinajstić information content (AvgIpc) is 3.28. The number of hydrogen-bond acceptors (Lipinski definition) is 4. The van der Waals surface area contributed by atoms with E-state index in [1.54, 1.807) is 6.07 Å². The first-order chi connectivity index (χ1) is 12.6. The zero-order valence-corrected chi connectivity index (χ0v) is 15.3. The lowest BCUT2D eigenvalue weighted by Gasteiger charge is -2.35. The summed E-state index contributed by atoms with van der Waals surface area (Å²) in [5, 5.41) is 0.678. The molecule has 0 atom stereocenters. The highest BCUT2D eigenvalue weighted by molar-refractivity contribution is 5.99. The molecule has 5 nitrogen and oxygen atoms in total. The highest BCUT2D eigenvalue weighted by Gasteiger charge is 2.27. The van der Waals surface area contributed by atoms with Gasteiger partial charge in [0, 0.05) is 50.2 Å². The van der Waals surface area contributed by atoms with Crippen molar-refractivity contribution in [3.05, 3.63) is 35.3 Å². The normalized spacial score (nSPS) is 19.5. The molecule has 0 unspecified atom stereocenters. The fourth-order valence-electron chi connectivity index (χ4n) is 4.00. The molecule has 3 heterocycles. The molecular weight excluding hydrogens is 333 g/mol. The summed E-state index contributed by atoms with van der Waals surface area (Å²) in [5.41, 5.74) is 1.29. The molecule has 0 radical (unpaired) electrons. The molecule has 0 saturated carbocycles. The Morgan fingerprint density at radius 3 is 2.38 bits per heavy atom. The van der Waals surface area contributed by atoms with Crippen LogP contribution >= 0.6 is 0 Å². The van der Waals surface area contributed by atoms with E-state index in [2.05, 4.69) is 9.80 Å². The summed E-state index contributed by atoms with van der Waals surface area (Å²) < 4.78 is 19.2. The van der Waals surface area contributed by atoms with Gasteiger partial charge in [0.2, 0.25) is 0 Å². The van der Waals surface area contributed by atoms with E-state index in [4.69, 9.17) is 4.42 Å². The van der Waals surface area contributed by atoms with Crippen LogP contribution in [0.25, 0.3) is 11.0 Å². The third kappa shape index (κ3) is 3.48. The molecule has 0 N–H and O–H groups in total. The van der Waals surface area contributed by atoms with Crippen LogP contribution in [-0.4, -0.2) is 73.0 Å². The lowest BCUT2D eigenvalue weighted by Crippen LogP contribution is -2.50. The van der Waals surface area contributed by atoms with Crippen molar-refractivity contribution in [2.45, 2.75) is 19.8 Å². The number of nitrogens with zero attached hydrogens (tertiary/aromatic N) is 3. The minimum Gasteiger partial charge on any atom is -0.451 e. The van der Waals surface area contributed by atoms with Crippen LogP contribution in [0.4, 0.5) is 4.39 Å². The van der Waals surface area contributed by atoms with Gasteiger partial charge in [0.25, 0.3) is 5.91 Å². The molecule has 26 heavy (non-hydrogen) atoms. The Morgan fingerprint density at radius 2 is 1.69 bits per heavy atom. The Balaban J connectivity index is 1.37. The van der Waals surface area contributed by atoms with E-state index in [-0.39, 0.29) is 11.7 Å².